The molecule has 2 bridgehead atoms. The first-order valence-electron chi connectivity index (χ1n) is 26.0. The second-order valence-corrected chi connectivity index (χ2v) is 21.6. The molecule has 0 spiro atoms. The number of cyclic esters (lactones) is 1. The minimum Gasteiger partial charge on any atom is -0.460 e. The van der Waals surface area contributed by atoms with Gasteiger partial charge in [0.2, 0.25) is 5.79 Å². The van der Waals surface area contributed by atoms with Crippen molar-refractivity contribution in [3.8, 4) is 0 Å². The molecule has 3 aliphatic heterocycles. The monoisotopic (exact) mass is 1020 g/mol. The number of fused-ring (bicyclic) bond motifs is 3. The number of ether oxygens (including phenoxy) is 5. The number of aliphatic hydroxyl groups is 5. The second-order valence-electron chi connectivity index (χ2n) is 21.6. The molecular weight excluding hydrogens is 931 g/mol. The molecule has 0 aromatic carbocycles. The van der Waals surface area contributed by atoms with Gasteiger partial charge in [0.25, 0.3) is 11.7 Å². The smallest absolute Gasteiger partial charge is 0.329 e. The van der Waals surface area contributed by atoms with E-state index in [0.717, 1.165) is 4.90 Å². The lowest BCUT2D eigenvalue weighted by molar-refractivity contribution is -0.265. The van der Waals surface area contributed by atoms with Crippen LogP contribution in [-0.4, -0.2) is 154 Å². The number of methoxy groups -OCH3 is 2. The maximum Gasteiger partial charge on any atom is 0.329 e. The number of hydrogen-bond donors (Lipinski definition) is 5. The average molecular weight is 1020 g/mol. The third-order valence-corrected chi connectivity index (χ3v) is 15.6. The zero-order chi connectivity index (χ0) is 53.7. The largest absolute Gasteiger partial charge is 0.460 e. The Balaban J connectivity index is 1.68. The van der Waals surface area contributed by atoms with E-state index in [1.807, 2.05) is 26.0 Å². The Kier molecular flexibility index (Phi) is 23.2. The summed E-state index contributed by atoms with van der Waals surface area (Å²) >= 11 is 0. The van der Waals surface area contributed by atoms with Crippen LogP contribution in [0.2, 0.25) is 0 Å². The molecule has 17 nitrogen and oxygen atoms in total. The number of carbonyl (C=O) groups is 6. The minimum atomic E-state index is -2.52. The molecule has 15 atom stereocenters. The Labute approximate surface area is 426 Å². The van der Waals surface area contributed by atoms with Gasteiger partial charge in [0, 0.05) is 51.4 Å². The summed E-state index contributed by atoms with van der Waals surface area (Å²) in [6, 6.07) is -1.22. The van der Waals surface area contributed by atoms with Gasteiger partial charge in [-0.15, -0.1) is 0 Å². The number of amides is 1. The number of piperidine rings is 1. The Morgan fingerprint density at radius 1 is 0.875 bits per heavy atom. The lowest BCUT2D eigenvalue weighted by Crippen LogP contribution is -2.61. The highest BCUT2D eigenvalue weighted by Crippen LogP contribution is 2.38. The summed E-state index contributed by atoms with van der Waals surface area (Å²) in [4.78, 5) is 85.1. The van der Waals surface area contributed by atoms with Crippen LogP contribution in [0.1, 0.15) is 132 Å². The van der Waals surface area contributed by atoms with E-state index < -0.39 is 120 Å². The molecule has 72 heavy (non-hydrogen) atoms. The highest BCUT2D eigenvalue weighted by Gasteiger charge is 2.53. The molecule has 3 fully saturated rings. The molecule has 1 amide bonds. The number of ketones is 3. The molecular formula is C55H85NO16. The van der Waals surface area contributed by atoms with Crippen LogP contribution in [0.15, 0.2) is 47.6 Å². The number of Topliss-reactive ketones (excluding diaryl/α,β-unsaturated/α-hetero) is 3. The molecule has 4 rings (SSSR count). The molecule has 406 valence electrons. The first-order chi connectivity index (χ1) is 33.9. The minimum absolute atomic E-state index is 0.0247. The Hall–Kier alpha value is -3.94. The molecule has 3 heterocycles. The number of nitrogens with zero attached hydrogens (tertiary/aromatic N) is 1. The number of hydrogen-bond acceptors (Lipinski definition) is 16. The third-order valence-electron chi connectivity index (χ3n) is 15.6. The lowest BCUT2D eigenvalue weighted by atomic mass is 9.78. The van der Waals surface area contributed by atoms with Crippen LogP contribution in [0.4, 0.5) is 0 Å². The van der Waals surface area contributed by atoms with E-state index >= 15 is 0 Å². The topological polar surface area (TPSA) is 253 Å². The van der Waals surface area contributed by atoms with Crippen LogP contribution in [0.3, 0.4) is 0 Å². The van der Waals surface area contributed by atoms with Crippen LogP contribution < -0.4 is 0 Å². The van der Waals surface area contributed by atoms with Gasteiger partial charge >= 0.3 is 11.9 Å². The molecule has 1 unspecified atom stereocenters. The average Bonchev–Trinajstić information content (AvgIpc) is 3.36. The summed E-state index contributed by atoms with van der Waals surface area (Å²) in [6.45, 7) is 12.4. The third kappa shape index (κ3) is 15.6. The van der Waals surface area contributed by atoms with Gasteiger partial charge in [-0.25, -0.2) is 4.79 Å². The van der Waals surface area contributed by atoms with Gasteiger partial charge in [-0.3, -0.25) is 24.0 Å². The summed E-state index contributed by atoms with van der Waals surface area (Å²) < 4.78 is 29.4. The molecule has 17 heteroatoms. The van der Waals surface area contributed by atoms with E-state index in [9.17, 15) is 54.3 Å². The predicted molar refractivity (Wildman–Crippen MR) is 266 cm³/mol. The van der Waals surface area contributed by atoms with E-state index in [-0.39, 0.29) is 49.2 Å². The summed E-state index contributed by atoms with van der Waals surface area (Å²) in [6.07, 6.45) is 8.11. The fourth-order valence-electron chi connectivity index (χ4n) is 10.4. The van der Waals surface area contributed by atoms with Crippen molar-refractivity contribution in [1.29, 1.82) is 0 Å². The summed E-state index contributed by atoms with van der Waals surface area (Å²) in [5, 5.41) is 54.1. The van der Waals surface area contributed by atoms with E-state index in [4.69, 9.17) is 23.7 Å². The normalized spacial score (nSPS) is 37.8. The highest BCUT2D eigenvalue weighted by molar-refractivity contribution is 6.39. The fraction of sp³-hybridized carbons (Fsp3) is 0.745. The van der Waals surface area contributed by atoms with E-state index in [1.54, 1.807) is 58.9 Å². The van der Waals surface area contributed by atoms with Crippen molar-refractivity contribution in [3.05, 3.63) is 47.6 Å². The van der Waals surface area contributed by atoms with Crippen LogP contribution in [0, 0.1) is 40.9 Å². The molecule has 1 aliphatic carbocycles. The highest BCUT2D eigenvalue weighted by atomic mass is 16.6. The van der Waals surface area contributed by atoms with Gasteiger partial charge in [-0.2, -0.15) is 0 Å². The second kappa shape index (κ2) is 27.6. The molecule has 5 N–H and O–H groups in total. The quantitative estimate of drug-likeness (QED) is 0.115. The maximum atomic E-state index is 14.5. The van der Waals surface area contributed by atoms with Gasteiger partial charge in [-0.1, -0.05) is 71.1 Å². The van der Waals surface area contributed by atoms with Gasteiger partial charge in [-0.05, 0) is 114 Å². The number of carbonyl (C=O) groups excluding carboxylic acids is 6. The first kappa shape index (κ1) is 60.6. The number of esters is 2. The van der Waals surface area contributed by atoms with E-state index in [0.29, 0.717) is 68.9 Å². The van der Waals surface area contributed by atoms with Crippen molar-refractivity contribution >= 4 is 35.2 Å². The first-order valence-corrected chi connectivity index (χ1v) is 26.0. The zero-order valence-corrected chi connectivity index (χ0v) is 44.3. The molecule has 0 aromatic rings. The summed E-state index contributed by atoms with van der Waals surface area (Å²) in [5.74, 6) is -9.65. The van der Waals surface area contributed by atoms with Crippen molar-refractivity contribution in [2.45, 2.75) is 187 Å². The SMILES string of the molecule is CO[C@@H]1C[C@H](C[C@@H](C)[C@@H]2CC(=O)[C@H](C)/C=C(\C)[C@@H](O)[C@@H](OC)C(=O)[C@H](C)C[C@H](C)/C=C/C=C/C=C(\C)C(O)C[C@@H]3CC[C@@H](C)[C@@](O)(O3)C(=O)C(=O)N3CCCC[C@H]3C(=O)O2)CC[C@H]1OC(=O)C(C)(CO)CO. The Morgan fingerprint density at radius 2 is 1.57 bits per heavy atom. The number of allylic oxidation sites excluding steroid dienone is 6. The molecule has 0 aromatic heterocycles. The van der Waals surface area contributed by atoms with Crippen molar-refractivity contribution in [2.75, 3.05) is 34.0 Å². The Bertz CT molecular complexity index is 1990. The molecule has 4 aliphatic rings. The van der Waals surface area contributed by atoms with Gasteiger partial charge in [0.15, 0.2) is 5.78 Å². The van der Waals surface area contributed by atoms with Crippen molar-refractivity contribution in [2.24, 2.45) is 40.9 Å². The predicted octanol–water partition coefficient (Wildman–Crippen LogP) is 5.07. The maximum absolute atomic E-state index is 14.5. The van der Waals surface area contributed by atoms with Crippen molar-refractivity contribution in [3.63, 3.8) is 0 Å². The summed E-state index contributed by atoms with van der Waals surface area (Å²) in [7, 11) is 2.85. The standard InChI is InChI=1S/C55H85NO16/c1-32-16-12-11-13-17-33(2)42(59)28-40-21-19-38(7)55(67,72-40)50(63)51(64)56-23-15-14-18-41(56)52(65)70-45(29-43(60)34(3)25-37(6)48(62)49(69-10)47(61)36(5)24-32)35(4)26-39-20-22-44(46(27-39)68-9)71-53(66)54(8,30-57)31-58/h11-13,16-17,25,32,34-36,38-42,44-46,48-49,57-59,62,67H,14-15,18-24,26-31H2,1-10H3/b13-11+,16-12+,33-17+,37-25+/t32-,34-,35-,36-,38-,39+,40+,41+,42?,44-,45+,46-,48-,49+,55-/m1/s1. The van der Waals surface area contributed by atoms with Gasteiger partial charge in [0.1, 0.15) is 41.7 Å². The van der Waals surface area contributed by atoms with Gasteiger partial charge < -0.3 is 54.1 Å². The van der Waals surface area contributed by atoms with E-state index in [1.165, 1.54) is 21.1 Å². The van der Waals surface area contributed by atoms with Crippen LogP contribution >= 0.6 is 0 Å². The van der Waals surface area contributed by atoms with Crippen molar-refractivity contribution in [1.82, 2.24) is 4.90 Å². The lowest BCUT2D eigenvalue weighted by Gasteiger charge is -2.42. The molecule has 1 saturated carbocycles. The zero-order valence-electron chi connectivity index (χ0n) is 44.3. The fourth-order valence-corrected chi connectivity index (χ4v) is 10.4. The molecule has 0 radical (unpaired) electrons. The van der Waals surface area contributed by atoms with E-state index in [2.05, 4.69) is 0 Å². The van der Waals surface area contributed by atoms with Gasteiger partial charge in [0.05, 0.1) is 31.5 Å². The summed E-state index contributed by atoms with van der Waals surface area (Å²) in [5.41, 5.74) is -0.548. The Morgan fingerprint density at radius 3 is 2.22 bits per heavy atom. The number of rotatable bonds is 9. The number of aliphatic hydroxyl groups excluding tert-OH is 4. The molecule has 2 saturated heterocycles. The van der Waals surface area contributed by atoms with Crippen LogP contribution in [0.25, 0.3) is 0 Å². The van der Waals surface area contributed by atoms with Crippen LogP contribution in [-0.2, 0) is 52.5 Å². The van der Waals surface area contributed by atoms with Crippen molar-refractivity contribution < 1.29 is 78.0 Å². The van der Waals surface area contributed by atoms with Crippen LogP contribution in [0.5, 0.6) is 0 Å².